The Morgan fingerprint density at radius 2 is 2.00 bits per heavy atom. The van der Waals surface area contributed by atoms with Crippen LogP contribution in [0.25, 0.3) is 10.9 Å². The van der Waals surface area contributed by atoms with E-state index in [4.69, 9.17) is 14.5 Å². The van der Waals surface area contributed by atoms with Gasteiger partial charge in [-0.25, -0.2) is 9.66 Å². The van der Waals surface area contributed by atoms with Gasteiger partial charge in [-0.05, 0) is 30.4 Å². The second-order valence-electron chi connectivity index (χ2n) is 6.38. The van der Waals surface area contributed by atoms with Gasteiger partial charge in [-0.1, -0.05) is 12.5 Å². The summed E-state index contributed by atoms with van der Waals surface area (Å²) >= 11 is 1.32. The van der Waals surface area contributed by atoms with Crippen LogP contribution in [0.4, 0.5) is 0 Å². The maximum Gasteiger partial charge on any atom is 0.280 e. The molecule has 1 fully saturated rings. The van der Waals surface area contributed by atoms with E-state index >= 15 is 0 Å². The minimum absolute atomic E-state index is 0.152. The molecule has 0 atom stereocenters. The third kappa shape index (κ3) is 3.06. The molecule has 0 radical (unpaired) electrons. The minimum Gasteiger partial charge on any atom is -0.493 e. The number of hydrogen-bond donors (Lipinski definition) is 1. The lowest BCUT2D eigenvalue weighted by atomic mass is 9.84. The third-order valence-electron chi connectivity index (χ3n) is 4.83. The Bertz CT molecular complexity index is 1050. The number of benzene rings is 1. The zero-order chi connectivity index (χ0) is 19.0. The Morgan fingerprint density at radius 3 is 2.59 bits per heavy atom. The molecule has 7 nitrogen and oxygen atoms in total. The molecule has 8 heteroatoms. The van der Waals surface area contributed by atoms with E-state index in [1.54, 1.807) is 31.4 Å². The molecule has 2 aromatic heterocycles. The quantitative estimate of drug-likeness (QED) is 0.730. The number of ether oxygens (including phenoxy) is 2. The third-order valence-corrected chi connectivity index (χ3v) is 5.70. The van der Waals surface area contributed by atoms with Crippen molar-refractivity contribution in [2.75, 3.05) is 19.6 Å². The summed E-state index contributed by atoms with van der Waals surface area (Å²) in [7, 11) is 3.05. The molecule has 1 saturated carbocycles. The average Bonchev–Trinajstić information content (AvgIpc) is 3.17. The Kier molecular flexibility index (Phi) is 4.57. The highest BCUT2D eigenvalue weighted by Gasteiger charge is 2.27. The summed E-state index contributed by atoms with van der Waals surface area (Å²) in [6.45, 7) is 0. The number of hydrogen-bond acceptors (Lipinski definition) is 6. The smallest absolute Gasteiger partial charge is 0.280 e. The lowest BCUT2D eigenvalue weighted by Gasteiger charge is -2.27. The Morgan fingerprint density at radius 1 is 1.26 bits per heavy atom. The molecule has 0 aliphatic heterocycles. The largest absolute Gasteiger partial charge is 0.493 e. The van der Waals surface area contributed by atoms with E-state index in [1.807, 2.05) is 5.38 Å². The molecule has 1 N–H and O–H groups in total. The van der Waals surface area contributed by atoms with Crippen molar-refractivity contribution < 1.29 is 14.3 Å². The molecule has 0 bridgehead atoms. The molecule has 1 aliphatic carbocycles. The number of amides is 1. The van der Waals surface area contributed by atoms with Gasteiger partial charge in [-0.2, -0.15) is 0 Å². The molecule has 1 aromatic carbocycles. The monoisotopic (exact) mass is 385 g/mol. The molecule has 0 saturated heterocycles. The van der Waals surface area contributed by atoms with Crippen molar-refractivity contribution in [1.82, 2.24) is 9.66 Å². The number of methoxy groups -OCH3 is 2. The van der Waals surface area contributed by atoms with Crippen molar-refractivity contribution in [3.05, 3.63) is 50.7 Å². The lowest BCUT2D eigenvalue weighted by Crippen LogP contribution is -2.38. The van der Waals surface area contributed by atoms with Crippen LogP contribution < -0.4 is 20.5 Å². The highest BCUT2D eigenvalue weighted by atomic mass is 32.1. The van der Waals surface area contributed by atoms with E-state index in [1.165, 1.54) is 23.1 Å². The normalized spacial score (nSPS) is 14.0. The molecule has 27 heavy (non-hydrogen) atoms. The van der Waals surface area contributed by atoms with Gasteiger partial charge in [0.2, 0.25) is 0 Å². The molecule has 0 unspecified atom stereocenters. The molecular formula is C19H19N3O4S. The fraction of sp³-hybridized carbons (Fsp3) is 0.316. The van der Waals surface area contributed by atoms with Crippen LogP contribution in [0.2, 0.25) is 0 Å². The minimum atomic E-state index is -0.326. The molecule has 2 heterocycles. The van der Waals surface area contributed by atoms with Crippen LogP contribution in [0.5, 0.6) is 11.5 Å². The summed E-state index contributed by atoms with van der Waals surface area (Å²) in [6.07, 6.45) is 2.98. The molecular weight excluding hydrogens is 366 g/mol. The Labute approximate surface area is 159 Å². The van der Waals surface area contributed by atoms with E-state index in [0.717, 1.165) is 19.3 Å². The van der Waals surface area contributed by atoms with Gasteiger partial charge >= 0.3 is 0 Å². The maximum atomic E-state index is 13.2. The van der Waals surface area contributed by atoms with Crippen LogP contribution in [0, 0.1) is 0 Å². The van der Waals surface area contributed by atoms with Gasteiger partial charge in [0.05, 0.1) is 30.0 Å². The first-order valence-corrected chi connectivity index (χ1v) is 9.54. The van der Waals surface area contributed by atoms with Crippen molar-refractivity contribution in [3.63, 3.8) is 0 Å². The van der Waals surface area contributed by atoms with Gasteiger partial charge in [-0.15, -0.1) is 11.3 Å². The van der Waals surface area contributed by atoms with Crippen LogP contribution in [0.3, 0.4) is 0 Å². The standard InChI is InChI=1S/C19H19N3O4S/c1-25-14-9-12-13(10-15(14)26-2)20-17(11-5-3-6-11)22(19(12)24)21-18(23)16-7-4-8-27-16/h4,7-11H,3,5-6H2,1-2H3,(H,21,23). The van der Waals surface area contributed by atoms with Gasteiger partial charge in [0, 0.05) is 12.0 Å². The second-order valence-corrected chi connectivity index (χ2v) is 7.33. The first-order chi connectivity index (χ1) is 13.1. The summed E-state index contributed by atoms with van der Waals surface area (Å²) in [5.41, 5.74) is 2.93. The summed E-state index contributed by atoms with van der Waals surface area (Å²) in [6, 6.07) is 6.81. The van der Waals surface area contributed by atoms with E-state index in [2.05, 4.69) is 5.43 Å². The predicted octanol–water partition coefficient (Wildman–Crippen LogP) is 3.13. The highest BCUT2D eigenvalue weighted by Crippen LogP contribution is 2.36. The summed E-state index contributed by atoms with van der Waals surface area (Å²) in [5, 5.41) is 2.18. The topological polar surface area (TPSA) is 82.5 Å². The van der Waals surface area contributed by atoms with E-state index < -0.39 is 0 Å². The van der Waals surface area contributed by atoms with Crippen molar-refractivity contribution in [2.24, 2.45) is 0 Å². The Hall–Kier alpha value is -2.87. The number of rotatable bonds is 5. The number of thiophene rings is 1. The zero-order valence-corrected chi connectivity index (χ0v) is 15.8. The van der Waals surface area contributed by atoms with Crippen molar-refractivity contribution >= 4 is 28.1 Å². The first kappa shape index (κ1) is 17.5. The summed E-state index contributed by atoms with van der Waals surface area (Å²) in [5.74, 6) is 1.36. The predicted molar refractivity (Wildman–Crippen MR) is 104 cm³/mol. The van der Waals surface area contributed by atoms with Gasteiger partial charge in [0.15, 0.2) is 11.5 Å². The molecule has 3 aromatic rings. The van der Waals surface area contributed by atoms with Crippen LogP contribution >= 0.6 is 11.3 Å². The zero-order valence-electron chi connectivity index (χ0n) is 15.0. The molecule has 140 valence electrons. The summed E-state index contributed by atoms with van der Waals surface area (Å²) in [4.78, 5) is 30.9. The fourth-order valence-electron chi connectivity index (χ4n) is 3.14. The van der Waals surface area contributed by atoms with E-state index in [0.29, 0.717) is 33.1 Å². The number of carbonyl (C=O) groups excluding carboxylic acids is 1. The average molecular weight is 385 g/mol. The van der Waals surface area contributed by atoms with E-state index in [-0.39, 0.29) is 17.4 Å². The second kappa shape index (κ2) is 7.03. The van der Waals surface area contributed by atoms with Crippen LogP contribution in [0.1, 0.15) is 40.7 Å². The Balaban J connectivity index is 1.88. The maximum absolute atomic E-state index is 13.2. The first-order valence-electron chi connectivity index (χ1n) is 8.66. The van der Waals surface area contributed by atoms with Crippen molar-refractivity contribution in [2.45, 2.75) is 25.2 Å². The van der Waals surface area contributed by atoms with Crippen LogP contribution in [0.15, 0.2) is 34.4 Å². The van der Waals surface area contributed by atoms with Gasteiger partial charge in [0.25, 0.3) is 11.5 Å². The molecule has 0 spiro atoms. The van der Waals surface area contributed by atoms with Crippen molar-refractivity contribution in [3.8, 4) is 11.5 Å². The van der Waals surface area contributed by atoms with E-state index in [9.17, 15) is 9.59 Å². The molecule has 4 rings (SSSR count). The van der Waals surface area contributed by atoms with Crippen molar-refractivity contribution in [1.29, 1.82) is 0 Å². The number of aromatic nitrogens is 2. The SMILES string of the molecule is COc1cc2nc(C3CCC3)n(NC(=O)c3cccs3)c(=O)c2cc1OC. The van der Waals surface area contributed by atoms with Crippen LogP contribution in [-0.2, 0) is 0 Å². The number of nitrogens with zero attached hydrogens (tertiary/aromatic N) is 2. The number of fused-ring (bicyclic) bond motifs is 1. The lowest BCUT2D eigenvalue weighted by molar-refractivity contribution is 0.101. The number of nitrogens with one attached hydrogen (secondary N) is 1. The highest BCUT2D eigenvalue weighted by molar-refractivity contribution is 7.12. The fourth-order valence-corrected chi connectivity index (χ4v) is 3.76. The van der Waals surface area contributed by atoms with Gasteiger partial charge in [-0.3, -0.25) is 15.0 Å². The summed E-state index contributed by atoms with van der Waals surface area (Å²) < 4.78 is 11.9. The van der Waals surface area contributed by atoms with Gasteiger partial charge in [0.1, 0.15) is 5.82 Å². The molecule has 1 aliphatic rings. The van der Waals surface area contributed by atoms with Gasteiger partial charge < -0.3 is 9.47 Å². The molecule has 1 amide bonds. The van der Waals surface area contributed by atoms with Crippen LogP contribution in [-0.4, -0.2) is 29.8 Å². The number of carbonyl (C=O) groups is 1.